The molecule has 26 heavy (non-hydrogen) atoms. The minimum atomic E-state index is -0.939. The SMILES string of the molecule is CCCCCC/C=C\CCCCCCCC(=O)NC(CC(C)C)C(=O)O. The second-order valence-corrected chi connectivity index (χ2v) is 7.72. The summed E-state index contributed by atoms with van der Waals surface area (Å²) in [7, 11) is 0. The topological polar surface area (TPSA) is 66.4 Å². The molecular weight excluding hydrogens is 326 g/mol. The number of aliphatic carboxylic acids is 1. The van der Waals surface area contributed by atoms with Gasteiger partial charge in [0.05, 0.1) is 0 Å². The Morgan fingerprint density at radius 2 is 1.42 bits per heavy atom. The Bertz CT molecular complexity index is 391. The molecule has 4 heteroatoms. The summed E-state index contributed by atoms with van der Waals surface area (Å²) in [5.74, 6) is -0.823. The van der Waals surface area contributed by atoms with Gasteiger partial charge in [-0.2, -0.15) is 0 Å². The molecule has 1 unspecified atom stereocenters. The van der Waals surface area contributed by atoms with Gasteiger partial charge in [0.15, 0.2) is 0 Å². The molecular formula is C22H41NO3. The van der Waals surface area contributed by atoms with Gasteiger partial charge < -0.3 is 10.4 Å². The number of amides is 1. The molecule has 2 N–H and O–H groups in total. The van der Waals surface area contributed by atoms with Crippen molar-refractivity contribution in [1.29, 1.82) is 0 Å². The molecule has 0 heterocycles. The van der Waals surface area contributed by atoms with Crippen molar-refractivity contribution in [3.63, 3.8) is 0 Å². The Labute approximate surface area is 160 Å². The highest BCUT2D eigenvalue weighted by Crippen LogP contribution is 2.10. The second-order valence-electron chi connectivity index (χ2n) is 7.72. The number of hydrogen-bond acceptors (Lipinski definition) is 2. The zero-order valence-electron chi connectivity index (χ0n) is 17.3. The first-order valence-corrected chi connectivity index (χ1v) is 10.6. The fourth-order valence-corrected chi connectivity index (χ4v) is 2.96. The molecule has 0 fully saturated rings. The lowest BCUT2D eigenvalue weighted by molar-refractivity contribution is -0.142. The monoisotopic (exact) mass is 367 g/mol. The number of carbonyl (C=O) groups is 2. The summed E-state index contributed by atoms with van der Waals surface area (Å²) >= 11 is 0. The molecule has 0 saturated carbocycles. The van der Waals surface area contributed by atoms with Gasteiger partial charge in [0, 0.05) is 6.42 Å². The smallest absolute Gasteiger partial charge is 0.326 e. The van der Waals surface area contributed by atoms with E-state index in [1.807, 2.05) is 13.8 Å². The summed E-state index contributed by atoms with van der Waals surface area (Å²) in [6.45, 7) is 6.16. The number of carboxylic acids is 1. The average Bonchev–Trinajstić information content (AvgIpc) is 2.58. The van der Waals surface area contributed by atoms with Gasteiger partial charge in [-0.05, 0) is 44.4 Å². The van der Waals surface area contributed by atoms with Crippen LogP contribution in [-0.2, 0) is 9.59 Å². The molecule has 0 aromatic heterocycles. The third-order valence-corrected chi connectivity index (χ3v) is 4.51. The number of nitrogens with one attached hydrogen (secondary N) is 1. The first-order valence-electron chi connectivity index (χ1n) is 10.6. The Kier molecular flexibility index (Phi) is 16.2. The van der Waals surface area contributed by atoms with Gasteiger partial charge in [-0.1, -0.05) is 71.4 Å². The highest BCUT2D eigenvalue weighted by atomic mass is 16.4. The van der Waals surface area contributed by atoms with E-state index in [-0.39, 0.29) is 11.8 Å². The Hall–Kier alpha value is -1.32. The third kappa shape index (κ3) is 16.2. The Morgan fingerprint density at radius 3 is 1.96 bits per heavy atom. The van der Waals surface area contributed by atoms with E-state index in [4.69, 9.17) is 5.11 Å². The highest BCUT2D eigenvalue weighted by molar-refractivity contribution is 5.83. The number of carbonyl (C=O) groups excluding carboxylic acids is 1. The lowest BCUT2D eigenvalue weighted by Gasteiger charge is -2.16. The zero-order valence-corrected chi connectivity index (χ0v) is 17.3. The van der Waals surface area contributed by atoms with Gasteiger partial charge in [-0.15, -0.1) is 0 Å². The lowest BCUT2D eigenvalue weighted by Crippen LogP contribution is -2.41. The van der Waals surface area contributed by atoms with Crippen LogP contribution in [0.2, 0.25) is 0 Å². The van der Waals surface area contributed by atoms with Crippen LogP contribution < -0.4 is 5.32 Å². The number of unbranched alkanes of at least 4 members (excludes halogenated alkanes) is 9. The lowest BCUT2D eigenvalue weighted by atomic mass is 10.0. The summed E-state index contributed by atoms with van der Waals surface area (Å²) in [5, 5.41) is 11.8. The van der Waals surface area contributed by atoms with Crippen molar-refractivity contribution in [3.8, 4) is 0 Å². The Morgan fingerprint density at radius 1 is 0.885 bits per heavy atom. The van der Waals surface area contributed by atoms with Crippen LogP contribution in [0.5, 0.6) is 0 Å². The van der Waals surface area contributed by atoms with Crippen molar-refractivity contribution in [2.45, 2.75) is 110 Å². The first kappa shape index (κ1) is 24.7. The molecule has 0 rings (SSSR count). The molecule has 0 aromatic rings. The maximum Gasteiger partial charge on any atom is 0.326 e. The summed E-state index contributed by atoms with van der Waals surface area (Å²) in [6.07, 6.45) is 18.6. The molecule has 0 spiro atoms. The Balaban J connectivity index is 3.55. The van der Waals surface area contributed by atoms with Gasteiger partial charge in [0.1, 0.15) is 6.04 Å². The highest BCUT2D eigenvalue weighted by Gasteiger charge is 2.20. The van der Waals surface area contributed by atoms with Gasteiger partial charge in [0.25, 0.3) is 0 Å². The van der Waals surface area contributed by atoms with Crippen LogP contribution in [0.25, 0.3) is 0 Å². The number of rotatable bonds is 17. The van der Waals surface area contributed by atoms with Crippen LogP contribution in [0.15, 0.2) is 12.2 Å². The minimum absolute atomic E-state index is 0.135. The van der Waals surface area contributed by atoms with Gasteiger partial charge >= 0.3 is 5.97 Å². The van der Waals surface area contributed by atoms with Crippen molar-refractivity contribution < 1.29 is 14.7 Å². The van der Waals surface area contributed by atoms with Crippen LogP contribution in [0, 0.1) is 5.92 Å². The molecule has 0 aliphatic carbocycles. The van der Waals surface area contributed by atoms with Crippen LogP contribution in [0.3, 0.4) is 0 Å². The van der Waals surface area contributed by atoms with Crippen LogP contribution in [-0.4, -0.2) is 23.0 Å². The largest absolute Gasteiger partial charge is 0.480 e. The fraction of sp³-hybridized carbons (Fsp3) is 0.818. The van der Waals surface area contributed by atoms with E-state index in [0.29, 0.717) is 12.8 Å². The van der Waals surface area contributed by atoms with Crippen molar-refractivity contribution in [2.75, 3.05) is 0 Å². The standard InChI is InChI=1S/C22H41NO3/c1-4-5-6-7-8-9-10-11-12-13-14-15-16-17-21(24)23-20(22(25)26)18-19(2)3/h9-10,19-20H,4-8,11-18H2,1-3H3,(H,23,24)(H,25,26)/b10-9-. The summed E-state index contributed by atoms with van der Waals surface area (Å²) < 4.78 is 0. The van der Waals surface area contributed by atoms with Gasteiger partial charge in [-0.3, -0.25) is 4.79 Å². The van der Waals surface area contributed by atoms with Crippen molar-refractivity contribution in [1.82, 2.24) is 5.32 Å². The minimum Gasteiger partial charge on any atom is -0.480 e. The van der Waals surface area contributed by atoms with Crippen molar-refractivity contribution in [2.24, 2.45) is 5.92 Å². The molecule has 4 nitrogen and oxygen atoms in total. The predicted octanol–water partition coefficient (Wildman–Crippen LogP) is 5.86. The normalized spacial score (nSPS) is 12.6. The molecule has 0 aliphatic heterocycles. The predicted molar refractivity (Wildman–Crippen MR) is 109 cm³/mol. The molecule has 152 valence electrons. The van der Waals surface area contributed by atoms with E-state index in [9.17, 15) is 9.59 Å². The summed E-state index contributed by atoms with van der Waals surface area (Å²) in [4.78, 5) is 23.0. The summed E-state index contributed by atoms with van der Waals surface area (Å²) in [6, 6.07) is -0.753. The molecule has 0 radical (unpaired) electrons. The van der Waals surface area contributed by atoms with E-state index in [2.05, 4.69) is 24.4 Å². The van der Waals surface area contributed by atoms with E-state index in [0.717, 1.165) is 25.7 Å². The summed E-state index contributed by atoms with van der Waals surface area (Å²) in [5.41, 5.74) is 0. The maximum absolute atomic E-state index is 11.9. The zero-order chi connectivity index (χ0) is 19.6. The maximum atomic E-state index is 11.9. The third-order valence-electron chi connectivity index (χ3n) is 4.51. The first-order chi connectivity index (χ1) is 12.5. The molecule has 0 aliphatic rings. The van der Waals surface area contributed by atoms with E-state index < -0.39 is 12.0 Å². The van der Waals surface area contributed by atoms with E-state index in [1.54, 1.807) is 0 Å². The van der Waals surface area contributed by atoms with Crippen LogP contribution in [0.1, 0.15) is 104 Å². The van der Waals surface area contributed by atoms with Gasteiger partial charge in [0.2, 0.25) is 5.91 Å². The van der Waals surface area contributed by atoms with Crippen LogP contribution in [0.4, 0.5) is 0 Å². The molecule has 1 amide bonds. The van der Waals surface area contributed by atoms with Crippen molar-refractivity contribution in [3.05, 3.63) is 12.2 Å². The quantitative estimate of drug-likeness (QED) is 0.250. The average molecular weight is 368 g/mol. The van der Waals surface area contributed by atoms with Gasteiger partial charge in [-0.25, -0.2) is 4.79 Å². The molecule has 0 aromatic carbocycles. The van der Waals surface area contributed by atoms with E-state index in [1.165, 1.54) is 44.9 Å². The number of carboxylic acid groups (broad SMARTS) is 1. The molecule has 1 atom stereocenters. The fourth-order valence-electron chi connectivity index (χ4n) is 2.96. The molecule has 0 bridgehead atoms. The molecule has 0 saturated heterocycles. The van der Waals surface area contributed by atoms with E-state index >= 15 is 0 Å². The van der Waals surface area contributed by atoms with Crippen LogP contribution >= 0.6 is 0 Å². The second kappa shape index (κ2) is 17.1. The number of hydrogen-bond donors (Lipinski definition) is 2. The van der Waals surface area contributed by atoms with Crippen molar-refractivity contribution >= 4 is 11.9 Å². The number of allylic oxidation sites excluding steroid dienone is 2.